The number of imide groups is 1. The van der Waals surface area contributed by atoms with Gasteiger partial charge in [-0.2, -0.15) is 0 Å². The van der Waals surface area contributed by atoms with Crippen molar-refractivity contribution in [1.82, 2.24) is 46.4 Å². The van der Waals surface area contributed by atoms with Crippen LogP contribution in [0.1, 0.15) is 72.4 Å². The number of rotatable bonds is 24. The molecule has 0 spiro atoms. The van der Waals surface area contributed by atoms with Crippen LogP contribution in [0.25, 0.3) is 22.3 Å². The summed E-state index contributed by atoms with van der Waals surface area (Å²) < 4.78 is 32.1. The number of cyclic esters (lactones) is 1. The minimum absolute atomic E-state index is 0.0293. The van der Waals surface area contributed by atoms with E-state index in [1.807, 2.05) is 0 Å². The fourth-order valence-corrected chi connectivity index (χ4v) is 8.65. The molecule has 2 aromatic carbocycles. The van der Waals surface area contributed by atoms with E-state index < -0.39 is 84.3 Å². The lowest BCUT2D eigenvalue weighted by atomic mass is 9.86. The Morgan fingerprint density at radius 1 is 0.840 bits per heavy atom. The van der Waals surface area contributed by atoms with Crippen molar-refractivity contribution in [2.24, 2.45) is 0 Å². The molecular formula is C51H56FN9O14. The van der Waals surface area contributed by atoms with Gasteiger partial charge in [-0.25, -0.2) is 19.0 Å². The monoisotopic (exact) mass is 1040 g/mol. The zero-order valence-electron chi connectivity index (χ0n) is 41.1. The molecule has 0 unspecified atom stereocenters. The van der Waals surface area contributed by atoms with Gasteiger partial charge in [-0.15, -0.1) is 0 Å². The predicted molar refractivity (Wildman–Crippen MR) is 262 cm³/mol. The highest BCUT2D eigenvalue weighted by Gasteiger charge is 2.45. The molecule has 8 amide bonds. The van der Waals surface area contributed by atoms with Crippen LogP contribution in [-0.4, -0.2) is 125 Å². The molecule has 0 bridgehead atoms. The number of ether oxygens (including phenoxy) is 3. The number of nitrogens with one attached hydrogen (secondary N) is 6. The molecule has 0 saturated heterocycles. The van der Waals surface area contributed by atoms with Crippen molar-refractivity contribution in [2.45, 2.75) is 83.7 Å². The highest BCUT2D eigenvalue weighted by Crippen LogP contribution is 2.40. The molecule has 4 aromatic rings. The molecule has 396 valence electrons. The van der Waals surface area contributed by atoms with Gasteiger partial charge in [0.2, 0.25) is 29.5 Å². The van der Waals surface area contributed by atoms with Crippen molar-refractivity contribution in [2.75, 3.05) is 46.1 Å². The number of benzene rings is 2. The summed E-state index contributed by atoms with van der Waals surface area (Å²) in [6.07, 6.45) is 3.22. The molecule has 0 fully saturated rings. The molecule has 0 aliphatic carbocycles. The second-order valence-corrected chi connectivity index (χ2v) is 17.8. The molecule has 24 heteroatoms. The first-order valence-electron chi connectivity index (χ1n) is 24.2. The van der Waals surface area contributed by atoms with Crippen LogP contribution in [0.5, 0.6) is 0 Å². The minimum atomic E-state index is -2.05. The summed E-state index contributed by atoms with van der Waals surface area (Å²) in [5.41, 5.74) is 0.679. The van der Waals surface area contributed by atoms with E-state index in [0.29, 0.717) is 58.3 Å². The van der Waals surface area contributed by atoms with Gasteiger partial charge in [0.15, 0.2) is 5.60 Å². The van der Waals surface area contributed by atoms with Gasteiger partial charge in [-0.1, -0.05) is 43.7 Å². The van der Waals surface area contributed by atoms with Gasteiger partial charge in [0.25, 0.3) is 17.4 Å². The maximum Gasteiger partial charge on any atom is 0.407 e. The summed E-state index contributed by atoms with van der Waals surface area (Å²) in [5, 5.41) is 26.8. The second-order valence-electron chi connectivity index (χ2n) is 17.8. The molecule has 7 N–H and O–H groups in total. The number of alkyl carbamates (subject to hydrolysis) is 1. The van der Waals surface area contributed by atoms with E-state index in [1.54, 1.807) is 50.2 Å². The van der Waals surface area contributed by atoms with Crippen LogP contribution in [0.4, 0.5) is 9.18 Å². The molecule has 3 aliphatic rings. The SMILES string of the molecule is CC[C@@]1(O)C(=O)OCc2c1cc1n(c2=O)Cc2c-1nc1cc(F)c(C)cc1c2CNC(=O)OCCOCNC(=O)CNC(=O)[C@H](Cc1ccccc1)NC(=O)CNC(=O)CNC(=O)CCCCCN1C(=O)C=CC1=O. The van der Waals surface area contributed by atoms with Crippen LogP contribution in [0.3, 0.4) is 0 Å². The number of aliphatic hydroxyl groups is 1. The Bertz CT molecular complexity index is 3000. The van der Waals surface area contributed by atoms with E-state index in [0.717, 1.165) is 4.90 Å². The molecule has 2 aromatic heterocycles. The summed E-state index contributed by atoms with van der Waals surface area (Å²) in [6, 6.07) is 12.0. The summed E-state index contributed by atoms with van der Waals surface area (Å²) in [7, 11) is 0. The van der Waals surface area contributed by atoms with Crippen LogP contribution in [0.15, 0.2) is 65.5 Å². The highest BCUT2D eigenvalue weighted by atomic mass is 19.1. The Hall–Kier alpha value is -8.38. The zero-order chi connectivity index (χ0) is 53.8. The van der Waals surface area contributed by atoms with Gasteiger partial charge in [-0.05, 0) is 55.0 Å². The van der Waals surface area contributed by atoms with Crippen molar-refractivity contribution in [1.29, 1.82) is 0 Å². The first-order valence-corrected chi connectivity index (χ1v) is 24.2. The number of carbonyl (C=O) groups excluding carboxylic acids is 9. The normalized spacial score (nSPS) is 15.6. The van der Waals surface area contributed by atoms with Crippen molar-refractivity contribution in [3.63, 3.8) is 0 Å². The fraction of sp³-hybridized carbons (Fsp3) is 0.392. The Morgan fingerprint density at radius 2 is 1.55 bits per heavy atom. The van der Waals surface area contributed by atoms with Gasteiger partial charge in [-0.3, -0.25) is 43.3 Å². The van der Waals surface area contributed by atoms with Crippen LogP contribution >= 0.6 is 0 Å². The molecule has 3 aliphatic heterocycles. The molecule has 0 radical (unpaired) electrons. The number of esters is 1. The van der Waals surface area contributed by atoms with E-state index >= 15 is 0 Å². The topological polar surface area (TPSA) is 312 Å². The quantitative estimate of drug-likeness (QED) is 0.0191. The number of unbranched alkanes of at least 4 members (excludes halogenated alkanes) is 2. The summed E-state index contributed by atoms with van der Waals surface area (Å²) in [6.45, 7) is 0.882. The van der Waals surface area contributed by atoms with Crippen LogP contribution in [-0.2, 0) is 84.3 Å². The lowest BCUT2D eigenvalue weighted by Gasteiger charge is -2.31. The van der Waals surface area contributed by atoms with E-state index in [2.05, 4.69) is 31.9 Å². The molecule has 0 saturated carbocycles. The number of carbonyl (C=O) groups is 9. The number of aryl methyl sites for hydroxylation is 1. The van der Waals surface area contributed by atoms with Crippen molar-refractivity contribution in [3.05, 3.63) is 110 Å². The number of hydrogen-bond donors (Lipinski definition) is 7. The van der Waals surface area contributed by atoms with Gasteiger partial charge < -0.3 is 55.8 Å². The molecular weight excluding hydrogens is 982 g/mol. The number of halogens is 1. The predicted octanol–water partition coefficient (Wildman–Crippen LogP) is 0.405. The zero-order valence-corrected chi connectivity index (χ0v) is 41.1. The van der Waals surface area contributed by atoms with Crippen molar-refractivity contribution in [3.8, 4) is 11.4 Å². The number of fused-ring (bicyclic) bond motifs is 5. The van der Waals surface area contributed by atoms with E-state index in [9.17, 15) is 57.4 Å². The first kappa shape index (κ1) is 54.4. The third kappa shape index (κ3) is 13.2. The maximum absolute atomic E-state index is 14.9. The third-order valence-corrected chi connectivity index (χ3v) is 12.8. The molecule has 23 nitrogen and oxygen atoms in total. The molecule has 7 rings (SSSR count). The van der Waals surface area contributed by atoms with Crippen LogP contribution < -0.4 is 37.5 Å². The highest BCUT2D eigenvalue weighted by molar-refractivity contribution is 6.12. The fourth-order valence-electron chi connectivity index (χ4n) is 8.65. The number of hydrogen-bond acceptors (Lipinski definition) is 15. The maximum atomic E-state index is 14.9. The Morgan fingerprint density at radius 3 is 2.29 bits per heavy atom. The summed E-state index contributed by atoms with van der Waals surface area (Å²) in [4.78, 5) is 132. The number of amides is 8. The van der Waals surface area contributed by atoms with Crippen LogP contribution in [0.2, 0.25) is 0 Å². The van der Waals surface area contributed by atoms with Gasteiger partial charge in [0.05, 0.1) is 55.3 Å². The lowest BCUT2D eigenvalue weighted by molar-refractivity contribution is -0.172. The smallest absolute Gasteiger partial charge is 0.407 e. The van der Waals surface area contributed by atoms with E-state index in [1.165, 1.54) is 28.9 Å². The summed E-state index contributed by atoms with van der Waals surface area (Å²) >= 11 is 0. The van der Waals surface area contributed by atoms with E-state index in [4.69, 9.17) is 19.2 Å². The number of aromatic nitrogens is 2. The average molecular weight is 1040 g/mol. The van der Waals surface area contributed by atoms with Crippen molar-refractivity contribution < 1.29 is 66.9 Å². The first-order chi connectivity index (χ1) is 36.0. The van der Waals surface area contributed by atoms with Gasteiger partial charge in [0, 0.05) is 60.7 Å². The lowest BCUT2D eigenvalue weighted by Crippen LogP contribution is -2.52. The van der Waals surface area contributed by atoms with Gasteiger partial charge >= 0.3 is 12.1 Å². The Balaban J connectivity index is 0.820. The van der Waals surface area contributed by atoms with Crippen molar-refractivity contribution >= 4 is 64.3 Å². The minimum Gasteiger partial charge on any atom is -0.458 e. The summed E-state index contributed by atoms with van der Waals surface area (Å²) in [5.74, 6) is -5.25. The second kappa shape index (κ2) is 24.6. The Kier molecular flexibility index (Phi) is 17.8. The third-order valence-electron chi connectivity index (χ3n) is 12.8. The Labute approximate surface area is 427 Å². The van der Waals surface area contributed by atoms with Crippen LogP contribution in [0, 0.1) is 12.7 Å². The average Bonchev–Trinajstić information content (AvgIpc) is 3.96. The standard InChI is InChI=1S/C51H56FN9O14/c1-3-51(72)35-20-39-46-33(26-61(39)48(69)34(35)27-75-49(51)70)32(31-18-29(2)36(52)21-37(31)59-46)22-56-50(71)74-17-16-73-28-57-42(64)24-55-47(68)38(19-30-10-6-4-7-11-30)58-43(65)25-54-41(63)23-53-40(62)12-8-5-9-15-60-44(66)13-14-45(60)67/h4,6-7,10-11,13-14,18,20-21,38,72H,3,5,8-9,12,15-17,19,22-28H2,1-2H3,(H,53,62)(H,54,63)(H,55,68)(H,56,71)(H,57,64)(H,58,65)/t38-,51-/m0/s1. The largest absolute Gasteiger partial charge is 0.458 e. The molecule has 5 heterocycles. The molecule has 75 heavy (non-hydrogen) atoms. The van der Waals surface area contributed by atoms with Gasteiger partial charge in [0.1, 0.15) is 31.8 Å². The number of nitrogens with zero attached hydrogens (tertiary/aromatic N) is 3. The number of pyridine rings is 2. The van der Waals surface area contributed by atoms with E-state index in [-0.39, 0.29) is 93.9 Å². The molecule has 2 atom stereocenters.